The first-order valence-electron chi connectivity index (χ1n) is 6.07. The Bertz CT molecular complexity index is 212. The Hall–Kier alpha value is 0.130. The fourth-order valence-electron chi connectivity index (χ4n) is 2.37. The van der Waals surface area contributed by atoms with Crippen LogP contribution in [0.2, 0.25) is 0 Å². The zero-order valence-corrected chi connectivity index (χ0v) is 10.5. The minimum atomic E-state index is -0.0515. The van der Waals surface area contributed by atoms with Gasteiger partial charge < -0.3 is 14.8 Å². The second-order valence-corrected chi connectivity index (χ2v) is 5.03. The third-order valence-corrected chi connectivity index (χ3v) is 3.78. The van der Waals surface area contributed by atoms with Gasteiger partial charge in [-0.3, -0.25) is 5.32 Å². The summed E-state index contributed by atoms with van der Waals surface area (Å²) in [4.78, 5) is 0. The SMILES string of the molecule is COC1C(Cl)CCNC1OC1CCNCC1. The molecule has 2 heterocycles. The van der Waals surface area contributed by atoms with Crippen molar-refractivity contribution in [3.63, 3.8) is 0 Å². The summed E-state index contributed by atoms with van der Waals surface area (Å²) in [5, 5.41) is 6.73. The van der Waals surface area contributed by atoms with E-state index in [0.717, 1.165) is 38.9 Å². The number of ether oxygens (including phenoxy) is 2. The van der Waals surface area contributed by atoms with Crippen LogP contribution in [0.15, 0.2) is 0 Å². The molecule has 0 saturated carbocycles. The minimum Gasteiger partial charge on any atom is -0.376 e. The lowest BCUT2D eigenvalue weighted by Crippen LogP contribution is -2.54. The van der Waals surface area contributed by atoms with E-state index in [1.807, 2.05) is 0 Å². The molecule has 0 spiro atoms. The summed E-state index contributed by atoms with van der Waals surface area (Å²) < 4.78 is 11.5. The van der Waals surface area contributed by atoms with Crippen molar-refractivity contribution in [1.29, 1.82) is 0 Å². The number of hydrogen-bond donors (Lipinski definition) is 2. The second kappa shape index (κ2) is 6.17. The highest BCUT2D eigenvalue weighted by atomic mass is 35.5. The van der Waals surface area contributed by atoms with Crippen LogP contribution in [0, 0.1) is 0 Å². The van der Waals surface area contributed by atoms with E-state index in [2.05, 4.69) is 10.6 Å². The van der Waals surface area contributed by atoms with E-state index in [1.165, 1.54) is 0 Å². The number of hydrogen-bond acceptors (Lipinski definition) is 4. The Kier molecular flexibility index (Phi) is 4.85. The first-order chi connectivity index (χ1) is 7.81. The van der Waals surface area contributed by atoms with Gasteiger partial charge in [0.05, 0.1) is 11.5 Å². The first-order valence-corrected chi connectivity index (χ1v) is 6.51. The number of nitrogens with one attached hydrogen (secondary N) is 2. The Morgan fingerprint density at radius 2 is 1.88 bits per heavy atom. The topological polar surface area (TPSA) is 42.5 Å². The molecule has 2 fully saturated rings. The molecule has 0 amide bonds. The third-order valence-electron chi connectivity index (χ3n) is 3.32. The van der Waals surface area contributed by atoms with Crippen LogP contribution in [0.4, 0.5) is 0 Å². The van der Waals surface area contributed by atoms with Crippen molar-refractivity contribution in [2.75, 3.05) is 26.7 Å². The minimum absolute atomic E-state index is 0.0368. The monoisotopic (exact) mass is 248 g/mol. The van der Waals surface area contributed by atoms with Crippen LogP contribution in [0.5, 0.6) is 0 Å². The van der Waals surface area contributed by atoms with E-state index in [-0.39, 0.29) is 17.7 Å². The molecule has 0 aromatic rings. The first kappa shape index (κ1) is 12.6. The Morgan fingerprint density at radius 3 is 2.56 bits per heavy atom. The van der Waals surface area contributed by atoms with Gasteiger partial charge in [-0.05, 0) is 38.9 Å². The average Bonchev–Trinajstić information content (AvgIpc) is 2.31. The van der Waals surface area contributed by atoms with Crippen molar-refractivity contribution in [3.8, 4) is 0 Å². The zero-order valence-electron chi connectivity index (χ0n) is 9.75. The summed E-state index contributed by atoms with van der Waals surface area (Å²) in [6.45, 7) is 2.99. The summed E-state index contributed by atoms with van der Waals surface area (Å²) in [5.74, 6) is 0. The van der Waals surface area contributed by atoms with E-state index in [1.54, 1.807) is 7.11 Å². The van der Waals surface area contributed by atoms with Gasteiger partial charge in [0.1, 0.15) is 12.3 Å². The molecule has 2 saturated heterocycles. The normalized spacial score (nSPS) is 37.5. The molecule has 5 heteroatoms. The Balaban J connectivity index is 1.85. The number of rotatable bonds is 3. The van der Waals surface area contributed by atoms with Crippen molar-refractivity contribution in [3.05, 3.63) is 0 Å². The Labute approximate surface area is 102 Å². The number of methoxy groups -OCH3 is 1. The molecular weight excluding hydrogens is 228 g/mol. The quantitative estimate of drug-likeness (QED) is 0.722. The van der Waals surface area contributed by atoms with Gasteiger partial charge in [-0.1, -0.05) is 0 Å². The number of halogens is 1. The van der Waals surface area contributed by atoms with Crippen LogP contribution in [0.1, 0.15) is 19.3 Å². The van der Waals surface area contributed by atoms with Gasteiger partial charge in [0.15, 0.2) is 0 Å². The molecular formula is C11H21ClN2O2. The molecule has 16 heavy (non-hydrogen) atoms. The smallest absolute Gasteiger partial charge is 0.136 e. The molecule has 0 aliphatic carbocycles. The van der Waals surface area contributed by atoms with Gasteiger partial charge in [-0.15, -0.1) is 11.6 Å². The molecule has 3 atom stereocenters. The summed E-state index contributed by atoms with van der Waals surface area (Å²) in [6.07, 6.45) is 3.32. The summed E-state index contributed by atoms with van der Waals surface area (Å²) in [6, 6.07) is 0. The second-order valence-electron chi connectivity index (χ2n) is 4.47. The molecule has 2 rings (SSSR count). The predicted octanol–water partition coefficient (Wildman–Crippen LogP) is 0.697. The predicted molar refractivity (Wildman–Crippen MR) is 63.8 cm³/mol. The lowest BCUT2D eigenvalue weighted by molar-refractivity contribution is -0.122. The molecule has 94 valence electrons. The molecule has 0 aromatic carbocycles. The fourth-order valence-corrected chi connectivity index (χ4v) is 2.71. The van der Waals surface area contributed by atoms with Gasteiger partial charge in [-0.25, -0.2) is 0 Å². The van der Waals surface area contributed by atoms with Crippen molar-refractivity contribution in [1.82, 2.24) is 10.6 Å². The molecule has 4 nitrogen and oxygen atoms in total. The van der Waals surface area contributed by atoms with Crippen molar-refractivity contribution in [2.24, 2.45) is 0 Å². The van der Waals surface area contributed by atoms with E-state index in [4.69, 9.17) is 21.1 Å². The molecule has 2 aliphatic heterocycles. The zero-order chi connectivity index (χ0) is 11.4. The van der Waals surface area contributed by atoms with Crippen molar-refractivity contribution < 1.29 is 9.47 Å². The maximum Gasteiger partial charge on any atom is 0.136 e. The van der Waals surface area contributed by atoms with E-state index >= 15 is 0 Å². The highest BCUT2D eigenvalue weighted by molar-refractivity contribution is 6.21. The maximum atomic E-state index is 6.24. The number of alkyl halides is 1. The van der Waals surface area contributed by atoms with Crippen LogP contribution in [-0.2, 0) is 9.47 Å². The van der Waals surface area contributed by atoms with Crippen LogP contribution >= 0.6 is 11.6 Å². The molecule has 2 N–H and O–H groups in total. The third kappa shape index (κ3) is 3.08. The largest absolute Gasteiger partial charge is 0.376 e. The molecule has 0 radical (unpaired) electrons. The van der Waals surface area contributed by atoms with Crippen LogP contribution in [0.25, 0.3) is 0 Å². The van der Waals surface area contributed by atoms with Gasteiger partial charge in [0.2, 0.25) is 0 Å². The average molecular weight is 249 g/mol. The van der Waals surface area contributed by atoms with Crippen molar-refractivity contribution >= 4 is 11.6 Å². The van der Waals surface area contributed by atoms with Gasteiger partial charge >= 0.3 is 0 Å². The van der Waals surface area contributed by atoms with Gasteiger partial charge in [0.25, 0.3) is 0 Å². The number of piperidine rings is 2. The fraction of sp³-hybridized carbons (Fsp3) is 1.00. The molecule has 0 bridgehead atoms. The van der Waals surface area contributed by atoms with Gasteiger partial charge in [0, 0.05) is 7.11 Å². The summed E-state index contributed by atoms with van der Waals surface area (Å²) in [7, 11) is 1.70. The van der Waals surface area contributed by atoms with Crippen LogP contribution in [0.3, 0.4) is 0 Å². The molecule has 0 aromatic heterocycles. The van der Waals surface area contributed by atoms with E-state index < -0.39 is 0 Å². The van der Waals surface area contributed by atoms with Crippen LogP contribution in [-0.4, -0.2) is 50.6 Å². The van der Waals surface area contributed by atoms with E-state index in [9.17, 15) is 0 Å². The van der Waals surface area contributed by atoms with Crippen LogP contribution < -0.4 is 10.6 Å². The molecule has 3 unspecified atom stereocenters. The molecule has 2 aliphatic rings. The summed E-state index contributed by atoms with van der Waals surface area (Å²) in [5.41, 5.74) is 0. The van der Waals surface area contributed by atoms with Gasteiger partial charge in [-0.2, -0.15) is 0 Å². The lowest BCUT2D eigenvalue weighted by Gasteiger charge is -2.37. The van der Waals surface area contributed by atoms with Crippen molar-refractivity contribution in [2.45, 2.75) is 43.1 Å². The highest BCUT2D eigenvalue weighted by Gasteiger charge is 2.34. The standard InChI is InChI=1S/C11H21ClN2O2/c1-15-10-9(12)4-7-14-11(10)16-8-2-5-13-6-3-8/h8-11,13-14H,2-7H2,1H3. The van der Waals surface area contributed by atoms with E-state index in [0.29, 0.717) is 6.10 Å². The summed E-state index contributed by atoms with van der Waals surface area (Å²) >= 11 is 6.24. The maximum absolute atomic E-state index is 6.24. The lowest BCUT2D eigenvalue weighted by atomic mass is 10.1. The Morgan fingerprint density at radius 1 is 1.12 bits per heavy atom. The highest BCUT2D eigenvalue weighted by Crippen LogP contribution is 2.21.